The van der Waals surface area contributed by atoms with Gasteiger partial charge in [0.2, 0.25) is 5.91 Å². The van der Waals surface area contributed by atoms with Gasteiger partial charge in [-0.2, -0.15) is 0 Å². The highest BCUT2D eigenvalue weighted by molar-refractivity contribution is 5.95. The summed E-state index contributed by atoms with van der Waals surface area (Å²) in [6, 6.07) is 5.88. The lowest BCUT2D eigenvalue weighted by atomic mass is 9.95. The summed E-state index contributed by atoms with van der Waals surface area (Å²) in [6.45, 7) is 6.23. The predicted octanol–water partition coefficient (Wildman–Crippen LogP) is 1.75. The third-order valence-corrected chi connectivity index (χ3v) is 5.00. The van der Waals surface area contributed by atoms with Crippen molar-refractivity contribution in [3.63, 3.8) is 0 Å². The summed E-state index contributed by atoms with van der Waals surface area (Å²) in [6.07, 6.45) is 1.93. The van der Waals surface area contributed by atoms with Crippen LogP contribution < -0.4 is 0 Å². The second kappa shape index (κ2) is 6.93. The van der Waals surface area contributed by atoms with Gasteiger partial charge in [-0.15, -0.1) is 0 Å². The van der Waals surface area contributed by atoms with Crippen molar-refractivity contribution in [3.8, 4) is 0 Å². The minimum absolute atomic E-state index is 0.0146. The first-order chi connectivity index (χ1) is 11.4. The van der Waals surface area contributed by atoms with Crippen LogP contribution in [0.25, 0.3) is 0 Å². The van der Waals surface area contributed by atoms with Gasteiger partial charge in [-0.3, -0.25) is 9.59 Å². The highest BCUT2D eigenvalue weighted by Crippen LogP contribution is 2.23. The van der Waals surface area contributed by atoms with Crippen LogP contribution in [0.2, 0.25) is 0 Å². The zero-order valence-electron chi connectivity index (χ0n) is 14.5. The van der Waals surface area contributed by atoms with E-state index in [9.17, 15) is 14.7 Å². The Labute approximate surface area is 143 Å². The van der Waals surface area contributed by atoms with Gasteiger partial charge < -0.3 is 14.9 Å². The molecule has 0 saturated carbocycles. The normalized spacial score (nSPS) is 24.3. The van der Waals surface area contributed by atoms with Crippen molar-refractivity contribution < 1.29 is 14.7 Å². The van der Waals surface area contributed by atoms with Gasteiger partial charge in [-0.25, -0.2) is 0 Å². The fourth-order valence-electron chi connectivity index (χ4n) is 3.84. The van der Waals surface area contributed by atoms with Gasteiger partial charge in [0, 0.05) is 31.7 Å². The maximum absolute atomic E-state index is 12.8. The molecule has 1 aromatic rings. The Bertz CT molecular complexity index is 623. The Kier molecular flexibility index (Phi) is 4.90. The number of rotatable bonds is 2. The fourth-order valence-corrected chi connectivity index (χ4v) is 3.84. The molecule has 2 fully saturated rings. The number of amides is 2. The lowest BCUT2D eigenvalue weighted by molar-refractivity contribution is -0.136. The number of β-amino-alcohol motifs (C(OH)–C–C–N with tert-alkyl or cyclic N) is 1. The number of carbonyl (C=O) groups excluding carboxylic acids is 2. The van der Waals surface area contributed by atoms with E-state index in [0.717, 1.165) is 24.0 Å². The van der Waals surface area contributed by atoms with E-state index in [-0.39, 0.29) is 17.7 Å². The number of aryl methyl sites for hydroxylation is 2. The van der Waals surface area contributed by atoms with Crippen LogP contribution >= 0.6 is 0 Å². The molecule has 3 rings (SSSR count). The molecule has 1 unspecified atom stereocenters. The van der Waals surface area contributed by atoms with E-state index < -0.39 is 6.10 Å². The van der Waals surface area contributed by atoms with E-state index in [1.54, 1.807) is 4.90 Å². The Morgan fingerprint density at radius 3 is 2.33 bits per heavy atom. The molecule has 2 atom stereocenters. The van der Waals surface area contributed by atoms with Gasteiger partial charge in [-0.1, -0.05) is 17.2 Å². The van der Waals surface area contributed by atoms with Gasteiger partial charge in [0.1, 0.15) is 0 Å². The second-order valence-electron chi connectivity index (χ2n) is 7.19. The average Bonchev–Trinajstić information content (AvgIpc) is 2.99. The predicted molar refractivity (Wildman–Crippen MR) is 91.7 cm³/mol. The number of hydrogen-bond donors (Lipinski definition) is 1. The molecule has 2 amide bonds. The van der Waals surface area contributed by atoms with Crippen molar-refractivity contribution >= 4 is 11.8 Å². The molecule has 0 bridgehead atoms. The molecular weight excluding hydrogens is 304 g/mol. The quantitative estimate of drug-likeness (QED) is 0.899. The van der Waals surface area contributed by atoms with Crippen molar-refractivity contribution in [1.82, 2.24) is 9.80 Å². The molecule has 0 aliphatic carbocycles. The second-order valence-corrected chi connectivity index (χ2v) is 7.19. The van der Waals surface area contributed by atoms with E-state index in [1.807, 2.05) is 30.9 Å². The molecule has 0 aromatic heterocycles. The molecule has 5 nitrogen and oxygen atoms in total. The molecule has 0 spiro atoms. The van der Waals surface area contributed by atoms with E-state index in [1.165, 1.54) is 0 Å². The first-order valence-corrected chi connectivity index (χ1v) is 8.78. The first-order valence-electron chi connectivity index (χ1n) is 8.78. The van der Waals surface area contributed by atoms with Gasteiger partial charge in [0.15, 0.2) is 0 Å². The molecule has 2 saturated heterocycles. The highest BCUT2D eigenvalue weighted by atomic mass is 16.3. The molecule has 2 aliphatic rings. The third kappa shape index (κ3) is 3.61. The SMILES string of the molecule is Cc1cc(C)cc(C(=O)N2CCCC(C(=O)N3CC[C@@H](O)C3)C2)c1. The van der Waals surface area contributed by atoms with Crippen molar-refractivity contribution in [1.29, 1.82) is 0 Å². The molecule has 2 aliphatic heterocycles. The summed E-state index contributed by atoms with van der Waals surface area (Å²) in [5.41, 5.74) is 2.86. The smallest absolute Gasteiger partial charge is 0.253 e. The number of piperidine rings is 1. The van der Waals surface area contributed by atoms with Crippen molar-refractivity contribution in [2.75, 3.05) is 26.2 Å². The third-order valence-electron chi connectivity index (χ3n) is 5.00. The number of carbonyl (C=O) groups is 2. The Balaban J connectivity index is 1.68. The summed E-state index contributed by atoms with van der Waals surface area (Å²) >= 11 is 0. The number of hydrogen-bond acceptors (Lipinski definition) is 3. The van der Waals surface area contributed by atoms with Crippen LogP contribution in [-0.2, 0) is 4.79 Å². The maximum Gasteiger partial charge on any atom is 0.253 e. The van der Waals surface area contributed by atoms with Crippen molar-refractivity contribution in [3.05, 3.63) is 34.9 Å². The number of nitrogens with zero attached hydrogens (tertiary/aromatic N) is 2. The minimum atomic E-state index is -0.398. The molecule has 5 heteroatoms. The minimum Gasteiger partial charge on any atom is -0.391 e. The van der Waals surface area contributed by atoms with Crippen LogP contribution in [-0.4, -0.2) is 59.0 Å². The summed E-state index contributed by atoms with van der Waals surface area (Å²) in [4.78, 5) is 29.0. The van der Waals surface area contributed by atoms with Crippen LogP contribution in [0.5, 0.6) is 0 Å². The zero-order chi connectivity index (χ0) is 17.3. The first kappa shape index (κ1) is 17.0. The summed E-state index contributed by atoms with van der Waals surface area (Å²) in [5, 5.41) is 9.63. The van der Waals surface area contributed by atoms with Gasteiger partial charge in [0.25, 0.3) is 5.91 Å². The monoisotopic (exact) mass is 330 g/mol. The van der Waals surface area contributed by atoms with E-state index in [0.29, 0.717) is 38.2 Å². The number of benzene rings is 1. The topological polar surface area (TPSA) is 60.9 Å². The van der Waals surface area contributed by atoms with Gasteiger partial charge in [-0.05, 0) is 45.2 Å². The molecule has 1 aromatic carbocycles. The van der Waals surface area contributed by atoms with Crippen molar-refractivity contribution in [2.24, 2.45) is 5.92 Å². The van der Waals surface area contributed by atoms with Crippen LogP contribution in [0, 0.1) is 19.8 Å². The Morgan fingerprint density at radius 2 is 1.71 bits per heavy atom. The molecule has 1 N–H and O–H groups in total. The van der Waals surface area contributed by atoms with Crippen LogP contribution in [0.4, 0.5) is 0 Å². The van der Waals surface area contributed by atoms with E-state index >= 15 is 0 Å². The average molecular weight is 330 g/mol. The molecule has 130 valence electrons. The Hall–Kier alpha value is -1.88. The van der Waals surface area contributed by atoms with Crippen LogP contribution in [0.15, 0.2) is 18.2 Å². The number of aliphatic hydroxyl groups is 1. The lowest BCUT2D eigenvalue weighted by Crippen LogP contribution is -2.46. The Morgan fingerprint density at radius 1 is 1.00 bits per heavy atom. The highest BCUT2D eigenvalue weighted by Gasteiger charge is 2.34. The van der Waals surface area contributed by atoms with Crippen LogP contribution in [0.1, 0.15) is 40.7 Å². The maximum atomic E-state index is 12.8. The summed E-state index contributed by atoms with van der Waals surface area (Å²) in [5.74, 6) is -0.0378. The number of aliphatic hydroxyl groups excluding tert-OH is 1. The summed E-state index contributed by atoms with van der Waals surface area (Å²) in [7, 11) is 0. The fraction of sp³-hybridized carbons (Fsp3) is 0.579. The summed E-state index contributed by atoms with van der Waals surface area (Å²) < 4.78 is 0. The molecular formula is C19H26N2O3. The zero-order valence-corrected chi connectivity index (χ0v) is 14.5. The molecule has 0 radical (unpaired) electrons. The van der Waals surface area contributed by atoms with E-state index in [2.05, 4.69) is 6.07 Å². The largest absolute Gasteiger partial charge is 0.391 e. The van der Waals surface area contributed by atoms with E-state index in [4.69, 9.17) is 0 Å². The van der Waals surface area contributed by atoms with Crippen molar-refractivity contribution in [2.45, 2.75) is 39.2 Å². The lowest BCUT2D eigenvalue weighted by Gasteiger charge is -2.34. The van der Waals surface area contributed by atoms with Gasteiger partial charge >= 0.3 is 0 Å². The molecule has 2 heterocycles. The van der Waals surface area contributed by atoms with Crippen LogP contribution in [0.3, 0.4) is 0 Å². The standard InChI is InChI=1S/C19H26N2O3/c1-13-8-14(2)10-16(9-13)19(24)20-6-3-4-15(11-20)18(23)21-7-5-17(22)12-21/h8-10,15,17,22H,3-7,11-12H2,1-2H3/t15?,17-/m1/s1. The van der Waals surface area contributed by atoms with Gasteiger partial charge in [0.05, 0.1) is 12.0 Å². The number of likely N-dealkylation sites (tertiary alicyclic amines) is 2. The molecule has 24 heavy (non-hydrogen) atoms.